The molecule has 2 unspecified atom stereocenters. The van der Waals surface area contributed by atoms with Crippen LogP contribution in [0.2, 0.25) is 0 Å². The van der Waals surface area contributed by atoms with Crippen molar-refractivity contribution >= 4 is 11.7 Å². The molecule has 0 heterocycles. The molecule has 0 saturated heterocycles. The molecule has 7 heteroatoms. The van der Waals surface area contributed by atoms with E-state index in [0.29, 0.717) is 17.7 Å². The SMILES string of the molecule is CCNC(CCC(=O)O)C(O)c1ccc(C)c([N+](=O)[O-])c1. The van der Waals surface area contributed by atoms with Crippen molar-refractivity contribution in [1.29, 1.82) is 0 Å². The van der Waals surface area contributed by atoms with E-state index in [2.05, 4.69) is 5.32 Å². The molecule has 0 spiro atoms. The Morgan fingerprint density at radius 3 is 2.67 bits per heavy atom. The maximum absolute atomic E-state index is 10.9. The monoisotopic (exact) mass is 296 g/mol. The van der Waals surface area contributed by atoms with Crippen LogP contribution in [0, 0.1) is 17.0 Å². The Balaban J connectivity index is 2.97. The van der Waals surface area contributed by atoms with Crippen molar-refractivity contribution in [2.75, 3.05) is 6.54 Å². The summed E-state index contributed by atoms with van der Waals surface area (Å²) in [7, 11) is 0. The summed E-state index contributed by atoms with van der Waals surface area (Å²) in [6.45, 7) is 4.04. The molecule has 1 rings (SSSR count). The number of likely N-dealkylation sites (N-methyl/N-ethyl adjacent to an activating group) is 1. The predicted molar refractivity (Wildman–Crippen MR) is 77.1 cm³/mol. The van der Waals surface area contributed by atoms with Gasteiger partial charge in [0.15, 0.2) is 0 Å². The van der Waals surface area contributed by atoms with Gasteiger partial charge in [0.1, 0.15) is 0 Å². The Bertz CT molecular complexity index is 518. The van der Waals surface area contributed by atoms with Gasteiger partial charge in [-0.3, -0.25) is 14.9 Å². The lowest BCUT2D eigenvalue weighted by Crippen LogP contribution is -2.35. The van der Waals surface area contributed by atoms with Gasteiger partial charge in [0.05, 0.1) is 11.0 Å². The Morgan fingerprint density at radius 2 is 2.14 bits per heavy atom. The summed E-state index contributed by atoms with van der Waals surface area (Å²) in [5.41, 5.74) is 0.866. The molecule has 0 aliphatic carbocycles. The molecule has 0 aromatic heterocycles. The maximum Gasteiger partial charge on any atom is 0.303 e. The average molecular weight is 296 g/mol. The van der Waals surface area contributed by atoms with Gasteiger partial charge in [0.25, 0.3) is 5.69 Å². The molecular formula is C14H20N2O5. The summed E-state index contributed by atoms with van der Waals surface area (Å²) in [6.07, 6.45) is -0.835. The molecule has 0 aliphatic rings. The van der Waals surface area contributed by atoms with Crippen molar-refractivity contribution in [3.63, 3.8) is 0 Å². The van der Waals surface area contributed by atoms with Crippen molar-refractivity contribution in [1.82, 2.24) is 5.32 Å². The van der Waals surface area contributed by atoms with Crippen LogP contribution in [0.5, 0.6) is 0 Å². The minimum absolute atomic E-state index is 0.0555. The fourth-order valence-corrected chi connectivity index (χ4v) is 2.15. The molecule has 0 radical (unpaired) electrons. The summed E-state index contributed by atoms with van der Waals surface area (Å²) in [5, 5.41) is 33.0. The third-order valence-electron chi connectivity index (χ3n) is 3.29. The molecule has 3 N–H and O–H groups in total. The van der Waals surface area contributed by atoms with Gasteiger partial charge >= 0.3 is 5.97 Å². The minimum Gasteiger partial charge on any atom is -0.481 e. The zero-order valence-corrected chi connectivity index (χ0v) is 12.1. The number of nitro benzene ring substituents is 1. The van der Waals surface area contributed by atoms with Gasteiger partial charge in [-0.25, -0.2) is 0 Å². The highest BCUT2D eigenvalue weighted by molar-refractivity contribution is 5.66. The Labute approximate surface area is 122 Å². The number of benzene rings is 1. The second kappa shape index (κ2) is 7.70. The molecule has 21 heavy (non-hydrogen) atoms. The predicted octanol–water partition coefficient (Wildman–Crippen LogP) is 1.78. The number of hydrogen-bond donors (Lipinski definition) is 3. The summed E-state index contributed by atoms with van der Waals surface area (Å²) in [5.74, 6) is -0.944. The van der Waals surface area contributed by atoms with Crippen LogP contribution in [0.4, 0.5) is 5.69 Å². The number of aliphatic hydroxyl groups is 1. The number of carboxylic acids is 1. The van der Waals surface area contributed by atoms with E-state index < -0.39 is 23.0 Å². The maximum atomic E-state index is 10.9. The highest BCUT2D eigenvalue weighted by Gasteiger charge is 2.23. The first-order valence-corrected chi connectivity index (χ1v) is 6.75. The number of nitrogens with zero attached hydrogens (tertiary/aromatic N) is 1. The first-order valence-electron chi connectivity index (χ1n) is 6.75. The second-order valence-electron chi connectivity index (χ2n) is 4.84. The highest BCUT2D eigenvalue weighted by Crippen LogP contribution is 2.26. The van der Waals surface area contributed by atoms with Gasteiger partial charge in [-0.1, -0.05) is 19.1 Å². The standard InChI is InChI=1S/C14H20N2O5/c1-3-15-11(6-7-13(17)18)14(19)10-5-4-9(2)12(8-10)16(20)21/h4-5,8,11,14-15,19H,3,6-7H2,1-2H3,(H,17,18). The van der Waals surface area contributed by atoms with E-state index in [4.69, 9.17) is 5.11 Å². The number of aliphatic hydroxyl groups excluding tert-OH is 1. The fourth-order valence-electron chi connectivity index (χ4n) is 2.15. The quantitative estimate of drug-likeness (QED) is 0.498. The third-order valence-corrected chi connectivity index (χ3v) is 3.29. The summed E-state index contributed by atoms with van der Waals surface area (Å²) < 4.78 is 0. The van der Waals surface area contributed by atoms with E-state index >= 15 is 0 Å². The van der Waals surface area contributed by atoms with E-state index in [-0.39, 0.29) is 18.5 Å². The van der Waals surface area contributed by atoms with E-state index in [1.807, 2.05) is 6.92 Å². The normalized spacial score (nSPS) is 13.7. The largest absolute Gasteiger partial charge is 0.481 e. The molecule has 0 saturated carbocycles. The molecule has 1 aromatic carbocycles. The Morgan fingerprint density at radius 1 is 1.48 bits per heavy atom. The minimum atomic E-state index is -0.997. The zero-order valence-electron chi connectivity index (χ0n) is 12.1. The van der Waals surface area contributed by atoms with Gasteiger partial charge in [0, 0.05) is 24.1 Å². The number of aliphatic carboxylic acids is 1. The fraction of sp³-hybridized carbons (Fsp3) is 0.500. The van der Waals surface area contributed by atoms with Crippen LogP contribution in [-0.2, 0) is 4.79 Å². The van der Waals surface area contributed by atoms with E-state index in [9.17, 15) is 20.0 Å². The molecule has 0 bridgehead atoms. The third kappa shape index (κ3) is 4.80. The number of carbonyl (C=O) groups is 1. The molecule has 0 amide bonds. The molecule has 7 nitrogen and oxygen atoms in total. The smallest absolute Gasteiger partial charge is 0.303 e. The van der Waals surface area contributed by atoms with Gasteiger partial charge in [-0.2, -0.15) is 0 Å². The highest BCUT2D eigenvalue weighted by atomic mass is 16.6. The molecule has 2 atom stereocenters. The summed E-state index contributed by atoms with van der Waals surface area (Å²) in [6, 6.07) is 4.08. The topological polar surface area (TPSA) is 113 Å². The average Bonchev–Trinajstić information content (AvgIpc) is 2.42. The van der Waals surface area contributed by atoms with Crippen LogP contribution in [0.3, 0.4) is 0 Å². The second-order valence-corrected chi connectivity index (χ2v) is 4.84. The number of nitro groups is 1. The van der Waals surface area contributed by atoms with Crippen molar-refractivity contribution in [2.24, 2.45) is 0 Å². The van der Waals surface area contributed by atoms with E-state index in [1.54, 1.807) is 19.1 Å². The number of nitrogens with one attached hydrogen (secondary N) is 1. The molecule has 0 fully saturated rings. The molecule has 1 aromatic rings. The van der Waals surface area contributed by atoms with Gasteiger partial charge in [-0.05, 0) is 25.5 Å². The van der Waals surface area contributed by atoms with Gasteiger partial charge < -0.3 is 15.5 Å². The van der Waals surface area contributed by atoms with Crippen molar-refractivity contribution in [2.45, 2.75) is 38.8 Å². The number of aryl methyl sites for hydroxylation is 1. The van der Waals surface area contributed by atoms with Crippen LogP contribution in [-0.4, -0.2) is 33.7 Å². The van der Waals surface area contributed by atoms with Crippen LogP contribution < -0.4 is 5.32 Å². The Hall–Kier alpha value is -1.99. The van der Waals surface area contributed by atoms with Crippen LogP contribution >= 0.6 is 0 Å². The first kappa shape index (κ1) is 17.1. The number of carboxylic acid groups (broad SMARTS) is 1. The lowest BCUT2D eigenvalue weighted by molar-refractivity contribution is -0.385. The van der Waals surface area contributed by atoms with Gasteiger partial charge in [-0.15, -0.1) is 0 Å². The first-order chi connectivity index (χ1) is 9.86. The number of hydrogen-bond acceptors (Lipinski definition) is 5. The lowest BCUT2D eigenvalue weighted by atomic mass is 9.97. The number of rotatable bonds is 8. The van der Waals surface area contributed by atoms with Crippen LogP contribution in [0.1, 0.15) is 37.0 Å². The van der Waals surface area contributed by atoms with Gasteiger partial charge in [0.2, 0.25) is 0 Å². The molecular weight excluding hydrogens is 276 g/mol. The van der Waals surface area contributed by atoms with Crippen molar-refractivity contribution in [3.8, 4) is 0 Å². The van der Waals surface area contributed by atoms with E-state index in [1.165, 1.54) is 6.07 Å². The van der Waals surface area contributed by atoms with Crippen LogP contribution in [0.15, 0.2) is 18.2 Å². The Kier molecular flexibility index (Phi) is 6.26. The summed E-state index contributed by atoms with van der Waals surface area (Å²) >= 11 is 0. The van der Waals surface area contributed by atoms with Crippen molar-refractivity contribution in [3.05, 3.63) is 39.4 Å². The van der Waals surface area contributed by atoms with Crippen LogP contribution in [0.25, 0.3) is 0 Å². The van der Waals surface area contributed by atoms with E-state index in [0.717, 1.165) is 0 Å². The zero-order chi connectivity index (χ0) is 16.0. The molecule has 0 aliphatic heterocycles. The van der Waals surface area contributed by atoms with Crippen molar-refractivity contribution < 1.29 is 19.9 Å². The summed E-state index contributed by atoms with van der Waals surface area (Å²) in [4.78, 5) is 21.1. The lowest BCUT2D eigenvalue weighted by Gasteiger charge is -2.23. The molecule has 116 valence electrons.